The summed E-state index contributed by atoms with van der Waals surface area (Å²) >= 11 is 0. The summed E-state index contributed by atoms with van der Waals surface area (Å²) in [7, 11) is 0. The molecule has 0 rings (SSSR count). The van der Waals surface area contributed by atoms with E-state index < -0.39 is 11.9 Å². The smallest absolute Gasteiger partial charge is 0.550 e. The number of rotatable bonds is 16. The number of carboxylic acid groups (broad SMARTS) is 2. The first kappa shape index (κ1) is 31.4. The molecule has 0 heterocycles. The van der Waals surface area contributed by atoms with Gasteiger partial charge in [0.05, 0.1) is 5.97 Å². The van der Waals surface area contributed by atoms with Crippen LogP contribution in [0.15, 0.2) is 24.3 Å². The van der Waals surface area contributed by atoms with Crippen LogP contribution in [0.25, 0.3) is 0 Å². The van der Waals surface area contributed by atoms with Crippen LogP contribution in [0.1, 0.15) is 104 Å². The first-order valence-electron chi connectivity index (χ1n) is 10.1. The van der Waals surface area contributed by atoms with Crippen molar-refractivity contribution in [1.29, 1.82) is 0 Å². The molecule has 0 bridgehead atoms. The molecule has 0 saturated carbocycles. The van der Waals surface area contributed by atoms with Crippen LogP contribution in [-0.4, -0.2) is 49.7 Å². The summed E-state index contributed by atoms with van der Waals surface area (Å²) in [6.07, 6.45) is 20.9. The van der Waals surface area contributed by atoms with Crippen LogP contribution in [-0.2, 0) is 9.59 Å². The van der Waals surface area contributed by atoms with Crippen LogP contribution in [0.3, 0.4) is 0 Å². The predicted octanol–water partition coefficient (Wildman–Crippen LogP) is 3.71. The summed E-state index contributed by atoms with van der Waals surface area (Å²) in [6, 6.07) is 0. The summed E-state index contributed by atoms with van der Waals surface area (Å²) in [6.45, 7) is 6.73. The average Bonchev–Trinajstić information content (AvgIpc) is 2.58. The Balaban J connectivity index is -0.000000709. The molecule has 0 aromatic rings. The molecule has 5 heteroatoms. The van der Waals surface area contributed by atoms with E-state index in [1.165, 1.54) is 71.1 Å². The van der Waals surface area contributed by atoms with Gasteiger partial charge in [-0.1, -0.05) is 77.0 Å². The number of hydrogen-bond donors (Lipinski definition) is 0. The van der Waals surface area contributed by atoms with Gasteiger partial charge in [0.1, 0.15) is 0 Å². The van der Waals surface area contributed by atoms with Crippen molar-refractivity contribution in [2.24, 2.45) is 0 Å². The Hall–Kier alpha value is -0.320. The number of carboxylic acids is 2. The minimum atomic E-state index is -1.19. The van der Waals surface area contributed by atoms with Gasteiger partial charge in [-0.3, -0.25) is 0 Å². The van der Waals surface area contributed by atoms with Gasteiger partial charge in [-0.25, -0.2) is 0 Å². The molecule has 0 atom stereocenters. The number of aliphatic carboxylic acids is 2. The van der Waals surface area contributed by atoms with E-state index in [-0.39, 0.29) is 49.7 Å². The Morgan fingerprint density at radius 3 is 1.52 bits per heavy atom. The quantitative estimate of drug-likeness (QED) is 0.169. The van der Waals surface area contributed by atoms with Crippen molar-refractivity contribution in [3.8, 4) is 0 Å². The Labute approximate surface area is 196 Å². The molecule has 0 aliphatic carbocycles. The molecule has 27 heavy (non-hydrogen) atoms. The van der Waals surface area contributed by atoms with Gasteiger partial charge in [-0.05, 0) is 51.0 Å². The number of allylic oxidation sites excluding steroid dienone is 2. The zero-order valence-electron chi connectivity index (χ0n) is 17.6. The Morgan fingerprint density at radius 1 is 0.778 bits per heavy atom. The number of hydrogen-bond acceptors (Lipinski definition) is 4. The molecular weight excluding hydrogens is 368 g/mol. The maximum Gasteiger partial charge on any atom is 2.00 e. The first-order chi connectivity index (χ1) is 12.4. The first-order valence-corrected chi connectivity index (χ1v) is 10.1. The third-order valence-electron chi connectivity index (χ3n) is 3.99. The normalized spacial score (nSPS) is 10.0. The van der Waals surface area contributed by atoms with Crippen LogP contribution >= 0.6 is 0 Å². The van der Waals surface area contributed by atoms with E-state index in [1.807, 2.05) is 0 Å². The van der Waals surface area contributed by atoms with Crippen molar-refractivity contribution in [3.05, 3.63) is 24.3 Å². The van der Waals surface area contributed by atoms with Crippen molar-refractivity contribution >= 4 is 49.7 Å². The molecule has 0 aliphatic rings. The molecule has 0 spiro atoms. The fourth-order valence-corrected chi connectivity index (χ4v) is 2.34. The third-order valence-corrected chi connectivity index (χ3v) is 3.99. The molecule has 0 N–H and O–H groups in total. The number of carbonyl (C=O) groups is 2. The summed E-state index contributed by atoms with van der Waals surface area (Å²) in [5.74, 6) is -2.10. The molecule has 0 radical (unpaired) electrons. The Kier molecular flexibility index (Phi) is 29.8. The van der Waals surface area contributed by atoms with E-state index >= 15 is 0 Å². The van der Waals surface area contributed by atoms with E-state index in [0.29, 0.717) is 0 Å². The SMILES string of the molecule is C=C(C)C(=O)[O-].CCCCCCCC/C=C\CCCCCCCC(=O)[O-].[Ca+2]. The zero-order chi connectivity index (χ0) is 20.0. The molecule has 0 amide bonds. The maximum atomic E-state index is 10.2. The van der Waals surface area contributed by atoms with Gasteiger partial charge in [0.25, 0.3) is 0 Å². The molecule has 152 valence electrons. The average molecular weight is 407 g/mol. The summed E-state index contributed by atoms with van der Waals surface area (Å²) in [5, 5.41) is 19.7. The Morgan fingerprint density at radius 2 is 1.15 bits per heavy atom. The van der Waals surface area contributed by atoms with Crippen LogP contribution < -0.4 is 10.2 Å². The molecule has 0 aromatic heterocycles. The molecule has 0 unspecified atom stereocenters. The minimum absolute atomic E-state index is 0. The van der Waals surface area contributed by atoms with Crippen LogP contribution in [0.2, 0.25) is 0 Å². The van der Waals surface area contributed by atoms with Crippen LogP contribution in [0, 0.1) is 0 Å². The number of unbranched alkanes of at least 4 members (excludes halogenated alkanes) is 11. The minimum Gasteiger partial charge on any atom is -0.550 e. The third kappa shape index (κ3) is 33.7. The van der Waals surface area contributed by atoms with Crippen molar-refractivity contribution in [2.45, 2.75) is 104 Å². The standard InChI is InChI=1S/C18H34O2.C4H6O2.Ca/c1-2-3-4-5-6-7-8-9-10-11-12-13-14-15-16-17-18(19)20;1-3(2)4(5)6;/h9-10H,2-8,11-17H2,1H3,(H,19,20);1H2,2H3,(H,5,6);/q;;+2/p-2/b10-9-;;. The van der Waals surface area contributed by atoms with Gasteiger partial charge in [-0.2, -0.15) is 0 Å². The van der Waals surface area contributed by atoms with E-state index in [2.05, 4.69) is 25.7 Å². The summed E-state index contributed by atoms with van der Waals surface area (Å²) in [4.78, 5) is 19.7. The van der Waals surface area contributed by atoms with Gasteiger partial charge in [0.2, 0.25) is 0 Å². The van der Waals surface area contributed by atoms with Gasteiger partial charge in [0, 0.05) is 5.97 Å². The van der Waals surface area contributed by atoms with E-state index in [4.69, 9.17) is 0 Å². The van der Waals surface area contributed by atoms with E-state index in [9.17, 15) is 19.8 Å². The zero-order valence-corrected chi connectivity index (χ0v) is 19.8. The van der Waals surface area contributed by atoms with Crippen molar-refractivity contribution < 1.29 is 19.8 Å². The molecule has 4 nitrogen and oxygen atoms in total. The number of carbonyl (C=O) groups excluding carboxylic acids is 2. The molecule has 0 fully saturated rings. The van der Waals surface area contributed by atoms with Crippen molar-refractivity contribution in [2.75, 3.05) is 0 Å². The van der Waals surface area contributed by atoms with Crippen molar-refractivity contribution in [3.63, 3.8) is 0 Å². The van der Waals surface area contributed by atoms with Crippen LogP contribution in [0.4, 0.5) is 0 Å². The fourth-order valence-electron chi connectivity index (χ4n) is 2.34. The van der Waals surface area contributed by atoms with Gasteiger partial charge in [-0.15, -0.1) is 0 Å². The fraction of sp³-hybridized carbons (Fsp3) is 0.727. The second kappa shape index (κ2) is 25.7. The van der Waals surface area contributed by atoms with E-state index in [0.717, 1.165) is 19.3 Å². The van der Waals surface area contributed by atoms with Gasteiger partial charge < -0.3 is 19.8 Å². The monoisotopic (exact) mass is 406 g/mol. The summed E-state index contributed by atoms with van der Waals surface area (Å²) < 4.78 is 0. The maximum absolute atomic E-state index is 10.2. The molecule has 0 saturated heterocycles. The van der Waals surface area contributed by atoms with Crippen LogP contribution in [0.5, 0.6) is 0 Å². The van der Waals surface area contributed by atoms with E-state index in [1.54, 1.807) is 0 Å². The summed E-state index contributed by atoms with van der Waals surface area (Å²) in [5.41, 5.74) is 0.0648. The molecule has 0 aromatic carbocycles. The second-order valence-corrected chi connectivity index (χ2v) is 6.77. The Bertz CT molecular complexity index is 380. The largest absolute Gasteiger partial charge is 2.00 e. The predicted molar refractivity (Wildman–Crippen MR) is 110 cm³/mol. The second-order valence-electron chi connectivity index (χ2n) is 6.77. The topological polar surface area (TPSA) is 80.3 Å². The van der Waals surface area contributed by atoms with Gasteiger partial charge >= 0.3 is 37.7 Å². The molecule has 0 aliphatic heterocycles. The van der Waals surface area contributed by atoms with Gasteiger partial charge in [0.15, 0.2) is 0 Å². The molecular formula is C22H38CaO4. The van der Waals surface area contributed by atoms with Crippen molar-refractivity contribution in [1.82, 2.24) is 0 Å².